The number of carbonyl (C=O) groups excluding carboxylic acids is 2. The van der Waals surface area contributed by atoms with Gasteiger partial charge in [-0.2, -0.15) is 0 Å². The molecule has 1 heterocycles. The number of nitrogens with one attached hydrogen (secondary N) is 3. The van der Waals surface area contributed by atoms with Crippen molar-refractivity contribution in [2.45, 2.75) is 26.2 Å². The molecule has 0 saturated carbocycles. The Kier molecular flexibility index (Phi) is 9.37. The number of aromatic carboxylic acids is 1. The summed E-state index contributed by atoms with van der Waals surface area (Å²) in [5, 5.41) is 20.0. The van der Waals surface area contributed by atoms with Crippen LogP contribution in [0.15, 0.2) is 85.1 Å². The second kappa shape index (κ2) is 13.6. The molecule has 1 aromatic heterocycles. The minimum atomic E-state index is -1.17. The highest BCUT2D eigenvalue weighted by Gasteiger charge is 2.24. The smallest absolute Gasteiger partial charge is 0.339 e. The number of carbonyl (C=O) groups is 3. The summed E-state index contributed by atoms with van der Waals surface area (Å²) >= 11 is 0. The van der Waals surface area contributed by atoms with E-state index >= 15 is 0 Å². The van der Waals surface area contributed by atoms with Crippen LogP contribution in [-0.2, 0) is 5.41 Å². The van der Waals surface area contributed by atoms with Crippen molar-refractivity contribution in [1.82, 2.24) is 4.98 Å². The third kappa shape index (κ3) is 7.39. The molecule has 0 bridgehead atoms. The largest absolute Gasteiger partial charge is 0.497 e. The van der Waals surface area contributed by atoms with E-state index in [1.165, 1.54) is 14.2 Å². The molecule has 0 aliphatic rings. The molecule has 4 aromatic carbocycles. The number of hydrogen-bond acceptors (Lipinski definition) is 8. The molecule has 0 saturated heterocycles. The highest BCUT2D eigenvalue weighted by molar-refractivity contribution is 6.08. The van der Waals surface area contributed by atoms with E-state index in [0.29, 0.717) is 39.8 Å². The molecule has 0 unspecified atom stereocenters. The predicted molar refractivity (Wildman–Crippen MR) is 184 cm³/mol. The van der Waals surface area contributed by atoms with Crippen molar-refractivity contribution in [2.75, 3.05) is 30.2 Å². The first kappa shape index (κ1) is 33.1. The normalized spacial score (nSPS) is 11.0. The van der Waals surface area contributed by atoms with E-state index in [9.17, 15) is 19.5 Å². The van der Waals surface area contributed by atoms with Crippen LogP contribution in [0.4, 0.5) is 27.7 Å². The van der Waals surface area contributed by atoms with E-state index in [1.54, 1.807) is 60.8 Å². The van der Waals surface area contributed by atoms with Gasteiger partial charge in [0, 0.05) is 40.4 Å². The molecule has 246 valence electrons. The summed E-state index contributed by atoms with van der Waals surface area (Å²) in [7, 11) is 2.85. The van der Waals surface area contributed by atoms with Gasteiger partial charge in [-0.05, 0) is 53.4 Å². The fourth-order valence-electron chi connectivity index (χ4n) is 5.03. The number of fused-ring (bicyclic) bond motifs is 1. The van der Waals surface area contributed by atoms with Crippen LogP contribution >= 0.6 is 0 Å². The van der Waals surface area contributed by atoms with E-state index < -0.39 is 17.9 Å². The first-order chi connectivity index (χ1) is 22.9. The molecule has 0 aliphatic carbocycles. The molecule has 12 heteroatoms. The highest BCUT2D eigenvalue weighted by Crippen LogP contribution is 2.37. The SMILES string of the molecule is COc1cc(Nc2cc(Oc3ccc(NC(=O)Nc4cc(C(C)(C)C)cc(C(=O)O)c4OC)c4ccccc34)ccn2)cc(C(N)=O)c1. The zero-order chi connectivity index (χ0) is 34.6. The molecule has 5 rings (SSSR count). The van der Waals surface area contributed by atoms with Crippen molar-refractivity contribution in [2.24, 2.45) is 5.73 Å². The van der Waals surface area contributed by atoms with Gasteiger partial charge in [0.2, 0.25) is 5.91 Å². The first-order valence-electron chi connectivity index (χ1n) is 14.8. The summed E-state index contributed by atoms with van der Waals surface area (Å²) in [5.41, 5.74) is 7.30. The monoisotopic (exact) mass is 649 g/mol. The van der Waals surface area contributed by atoms with Gasteiger partial charge in [0.05, 0.1) is 25.6 Å². The first-order valence-corrected chi connectivity index (χ1v) is 14.8. The number of aromatic nitrogens is 1. The van der Waals surface area contributed by atoms with Crippen molar-refractivity contribution < 1.29 is 33.7 Å². The lowest BCUT2D eigenvalue weighted by atomic mass is 9.85. The van der Waals surface area contributed by atoms with E-state index in [-0.39, 0.29) is 28.0 Å². The van der Waals surface area contributed by atoms with E-state index in [4.69, 9.17) is 19.9 Å². The summed E-state index contributed by atoms with van der Waals surface area (Å²) in [6.45, 7) is 5.85. The second-order valence-corrected chi connectivity index (χ2v) is 11.8. The summed E-state index contributed by atoms with van der Waals surface area (Å²) in [4.78, 5) is 41.4. The van der Waals surface area contributed by atoms with Crippen LogP contribution in [0, 0.1) is 0 Å². The van der Waals surface area contributed by atoms with Crippen molar-refractivity contribution in [3.05, 3.63) is 102 Å². The van der Waals surface area contributed by atoms with Gasteiger partial charge < -0.3 is 41.0 Å². The van der Waals surface area contributed by atoms with Crippen molar-refractivity contribution in [3.63, 3.8) is 0 Å². The Hall–Kier alpha value is -6.30. The number of rotatable bonds is 10. The number of benzene rings is 4. The molecule has 6 N–H and O–H groups in total. The number of primary amides is 1. The molecule has 0 atom stereocenters. The number of urea groups is 1. The summed E-state index contributed by atoms with van der Waals surface area (Å²) in [6.07, 6.45) is 1.58. The number of ether oxygens (including phenoxy) is 3. The van der Waals surface area contributed by atoms with Crippen LogP contribution in [0.1, 0.15) is 47.1 Å². The lowest BCUT2D eigenvalue weighted by Gasteiger charge is -2.23. The summed E-state index contributed by atoms with van der Waals surface area (Å²) in [6, 6.07) is 21.8. The molecule has 3 amide bonds. The van der Waals surface area contributed by atoms with Crippen LogP contribution in [0.25, 0.3) is 10.8 Å². The summed E-state index contributed by atoms with van der Waals surface area (Å²) < 4.78 is 16.9. The molecule has 5 aromatic rings. The maximum absolute atomic E-state index is 13.3. The van der Waals surface area contributed by atoms with Gasteiger partial charge in [-0.3, -0.25) is 4.79 Å². The Labute approximate surface area is 276 Å². The van der Waals surface area contributed by atoms with Gasteiger partial charge >= 0.3 is 12.0 Å². The van der Waals surface area contributed by atoms with Gasteiger partial charge in [0.15, 0.2) is 5.75 Å². The number of hydrogen-bond donors (Lipinski definition) is 5. The van der Waals surface area contributed by atoms with Crippen LogP contribution < -0.4 is 35.9 Å². The van der Waals surface area contributed by atoms with Crippen molar-refractivity contribution in [1.29, 1.82) is 0 Å². The van der Waals surface area contributed by atoms with Crippen LogP contribution in [0.5, 0.6) is 23.0 Å². The number of nitrogens with two attached hydrogens (primary N) is 1. The van der Waals surface area contributed by atoms with E-state index in [1.807, 2.05) is 45.0 Å². The minimum Gasteiger partial charge on any atom is -0.497 e. The average molecular weight is 650 g/mol. The number of carboxylic acid groups (broad SMARTS) is 1. The minimum absolute atomic E-state index is 0.0465. The van der Waals surface area contributed by atoms with E-state index in [2.05, 4.69) is 20.9 Å². The Morgan fingerprint density at radius 2 is 1.54 bits per heavy atom. The number of anilines is 4. The topological polar surface area (TPSA) is 174 Å². The van der Waals surface area contributed by atoms with Crippen molar-refractivity contribution in [3.8, 4) is 23.0 Å². The molecular weight excluding hydrogens is 614 g/mol. The molecule has 48 heavy (non-hydrogen) atoms. The van der Waals surface area contributed by atoms with Crippen LogP contribution in [0.2, 0.25) is 0 Å². The zero-order valence-corrected chi connectivity index (χ0v) is 27.0. The van der Waals surface area contributed by atoms with E-state index in [0.717, 1.165) is 10.9 Å². The van der Waals surface area contributed by atoms with Gasteiger partial charge in [0.25, 0.3) is 0 Å². The van der Waals surface area contributed by atoms with Gasteiger partial charge in [0.1, 0.15) is 28.6 Å². The fourth-order valence-corrected chi connectivity index (χ4v) is 5.03. The molecule has 12 nitrogen and oxygen atoms in total. The molecular formula is C36H35N5O7. The second-order valence-electron chi connectivity index (χ2n) is 11.8. The van der Waals surface area contributed by atoms with Crippen molar-refractivity contribution >= 4 is 51.6 Å². The molecule has 0 aliphatic heterocycles. The number of pyridine rings is 1. The van der Waals surface area contributed by atoms with Crippen LogP contribution in [-0.4, -0.2) is 42.2 Å². The number of carboxylic acids is 1. The Morgan fingerprint density at radius 3 is 2.21 bits per heavy atom. The summed E-state index contributed by atoms with van der Waals surface area (Å²) in [5.74, 6) is 0.199. The third-order valence-electron chi connectivity index (χ3n) is 7.43. The standard InChI is InChI=1S/C36H35N5O7/c1-36(2,3)21-16-27(34(43)44)32(47-5)29(17-21)41-35(45)40-28-10-11-30(26-9-7-6-8-25(26)28)48-23-12-13-38-31(19-23)39-22-14-20(33(37)42)15-24(18-22)46-4/h6-19H,1-5H3,(H2,37,42)(H,38,39)(H,43,44)(H2,40,41,45). The lowest BCUT2D eigenvalue weighted by Crippen LogP contribution is -2.22. The van der Waals surface area contributed by atoms with Crippen LogP contribution in [0.3, 0.4) is 0 Å². The Morgan fingerprint density at radius 1 is 0.812 bits per heavy atom. The number of nitrogens with zero attached hydrogens (tertiary/aromatic N) is 1. The van der Waals surface area contributed by atoms with Gasteiger partial charge in [-0.25, -0.2) is 14.6 Å². The quantitative estimate of drug-likeness (QED) is 0.102. The zero-order valence-electron chi connectivity index (χ0n) is 27.0. The Balaban J connectivity index is 1.39. The number of amides is 3. The number of methoxy groups -OCH3 is 2. The lowest BCUT2D eigenvalue weighted by molar-refractivity contribution is 0.0693. The molecule has 0 fully saturated rings. The maximum atomic E-state index is 13.3. The predicted octanol–water partition coefficient (Wildman–Crippen LogP) is 7.53. The Bertz CT molecular complexity index is 2040. The maximum Gasteiger partial charge on any atom is 0.339 e. The fraction of sp³-hybridized carbons (Fsp3) is 0.167. The molecule has 0 radical (unpaired) electrons. The third-order valence-corrected chi connectivity index (χ3v) is 7.43. The van der Waals surface area contributed by atoms with Gasteiger partial charge in [-0.15, -0.1) is 0 Å². The van der Waals surface area contributed by atoms with Gasteiger partial charge in [-0.1, -0.05) is 45.0 Å². The molecule has 0 spiro atoms. The average Bonchev–Trinajstić information content (AvgIpc) is 3.05. The highest BCUT2D eigenvalue weighted by atomic mass is 16.5.